The Morgan fingerprint density at radius 3 is 2.49 bits per heavy atom. The zero-order chi connectivity index (χ0) is 31.2. The first-order chi connectivity index (χ1) is 21.7. The number of alkyl halides is 3. The highest BCUT2D eigenvalue weighted by Gasteiger charge is 2.45. The Morgan fingerprint density at radius 1 is 0.978 bits per heavy atom. The second kappa shape index (κ2) is 11.9. The topological polar surface area (TPSA) is 63.2 Å². The van der Waals surface area contributed by atoms with E-state index in [0.29, 0.717) is 16.8 Å². The summed E-state index contributed by atoms with van der Waals surface area (Å²) in [4.78, 5) is 13.6. The molecule has 4 heterocycles. The van der Waals surface area contributed by atoms with Gasteiger partial charge in [-0.15, -0.1) is 0 Å². The lowest BCUT2D eigenvalue weighted by atomic mass is 9.72. The summed E-state index contributed by atoms with van der Waals surface area (Å²) in [6.07, 6.45) is 5.10. The van der Waals surface area contributed by atoms with Crippen LogP contribution in [0.4, 0.5) is 19.0 Å². The van der Waals surface area contributed by atoms with Crippen LogP contribution in [0.15, 0.2) is 42.7 Å². The van der Waals surface area contributed by atoms with Gasteiger partial charge in [0.2, 0.25) is 0 Å². The average molecular weight is 615 g/mol. The van der Waals surface area contributed by atoms with Crippen molar-refractivity contribution in [2.75, 3.05) is 31.1 Å². The van der Waals surface area contributed by atoms with Crippen molar-refractivity contribution in [3.8, 4) is 12.0 Å². The Balaban J connectivity index is 1.01. The Hall–Kier alpha value is -3.77. The number of hydrogen-bond donors (Lipinski definition) is 1. The van der Waals surface area contributed by atoms with Crippen molar-refractivity contribution in [2.45, 2.75) is 77.6 Å². The van der Waals surface area contributed by atoms with Crippen molar-refractivity contribution < 1.29 is 13.2 Å². The maximum Gasteiger partial charge on any atom is 0.393 e. The number of aryl methyl sites for hydroxylation is 1. The van der Waals surface area contributed by atoms with Gasteiger partial charge in [-0.05, 0) is 98.5 Å². The lowest BCUT2D eigenvalue weighted by Crippen LogP contribution is -2.60. The Kier molecular flexibility index (Phi) is 7.89. The quantitative estimate of drug-likeness (QED) is 0.188. The van der Waals surface area contributed by atoms with Crippen LogP contribution in [0.2, 0.25) is 0 Å². The van der Waals surface area contributed by atoms with E-state index >= 15 is 0 Å². The van der Waals surface area contributed by atoms with Crippen LogP contribution < -0.4 is 10.6 Å². The van der Waals surface area contributed by atoms with E-state index in [0.717, 1.165) is 63.6 Å². The summed E-state index contributed by atoms with van der Waals surface area (Å²) in [6, 6.07) is 14.3. The van der Waals surface area contributed by atoms with Crippen molar-refractivity contribution in [1.29, 1.82) is 0 Å². The molecule has 2 N–H and O–H groups in total. The molecular formula is C36H41F3N6. The molecule has 45 heavy (non-hydrogen) atoms. The summed E-state index contributed by atoms with van der Waals surface area (Å²) in [5.41, 5.74) is 11.8. The number of fused-ring (bicyclic) bond motifs is 2. The smallest absolute Gasteiger partial charge is 0.359 e. The molecule has 0 atom stereocenters. The molecule has 2 aromatic carbocycles. The normalized spacial score (nSPS) is 19.2. The molecule has 6 nitrogen and oxygen atoms in total. The fourth-order valence-electron chi connectivity index (χ4n) is 8.03. The van der Waals surface area contributed by atoms with Gasteiger partial charge in [0.15, 0.2) is 0 Å². The van der Waals surface area contributed by atoms with Gasteiger partial charge < -0.3 is 15.2 Å². The number of nitrogens with zero attached hydrogens (tertiary/aromatic N) is 5. The number of piperidine rings is 1. The maximum atomic E-state index is 13.0. The van der Waals surface area contributed by atoms with Gasteiger partial charge in [0.05, 0.1) is 17.6 Å². The number of halogens is 3. The molecule has 7 rings (SSSR count). The summed E-state index contributed by atoms with van der Waals surface area (Å²) in [6.45, 7) is 7.98. The van der Waals surface area contributed by atoms with E-state index in [1.54, 1.807) is 12.1 Å². The van der Waals surface area contributed by atoms with E-state index in [4.69, 9.17) is 5.73 Å². The predicted octanol–water partition coefficient (Wildman–Crippen LogP) is 6.95. The van der Waals surface area contributed by atoms with Crippen molar-refractivity contribution in [3.63, 3.8) is 0 Å². The van der Waals surface area contributed by atoms with Crippen LogP contribution in [-0.4, -0.2) is 51.8 Å². The first-order valence-electron chi connectivity index (χ1n) is 16.3. The molecule has 236 valence electrons. The summed E-state index contributed by atoms with van der Waals surface area (Å²) in [5, 5.41) is 1.98. The van der Waals surface area contributed by atoms with Gasteiger partial charge in [-0.25, -0.2) is 9.97 Å². The molecule has 0 unspecified atom stereocenters. The highest BCUT2D eigenvalue weighted by Crippen LogP contribution is 2.44. The van der Waals surface area contributed by atoms with Crippen LogP contribution in [0, 0.1) is 30.2 Å². The van der Waals surface area contributed by atoms with E-state index in [-0.39, 0.29) is 11.0 Å². The first-order valence-corrected chi connectivity index (χ1v) is 16.3. The summed E-state index contributed by atoms with van der Waals surface area (Å²) in [5.74, 6) is 4.61. The van der Waals surface area contributed by atoms with E-state index in [2.05, 4.69) is 61.4 Å². The molecule has 2 aliphatic heterocycles. The van der Waals surface area contributed by atoms with E-state index < -0.39 is 12.6 Å². The van der Waals surface area contributed by atoms with Crippen molar-refractivity contribution in [3.05, 3.63) is 65.1 Å². The molecule has 0 bridgehead atoms. The minimum absolute atomic E-state index is 0.225. The molecule has 4 aromatic rings. The molecule has 2 saturated heterocycles. The van der Waals surface area contributed by atoms with Gasteiger partial charge >= 0.3 is 6.18 Å². The number of nitrogens with two attached hydrogens (primary N) is 1. The standard InChI is InChI=1S/C36H41F3N6/c1-25-28(8-10-33-30(25)18-29(11-14-40)45(33)20-26-5-3-2-4-6-26)21-43-15-12-35(13-16-43)22-44(23-35)34-31-17-27(19-36(37,38)39)7-9-32(31)41-24-42-34/h7-10,17-18,24,26H,2-6,12-13,15-16,19-23,40H2,1H3. The van der Waals surface area contributed by atoms with Gasteiger partial charge in [0.25, 0.3) is 0 Å². The molecule has 0 radical (unpaired) electrons. The zero-order valence-corrected chi connectivity index (χ0v) is 26.0. The molecular weight excluding hydrogens is 573 g/mol. The van der Waals surface area contributed by atoms with Crippen LogP contribution in [0.3, 0.4) is 0 Å². The lowest BCUT2D eigenvalue weighted by molar-refractivity contribution is -0.127. The third-order valence-corrected chi connectivity index (χ3v) is 10.6. The highest BCUT2D eigenvalue weighted by molar-refractivity contribution is 5.90. The largest absolute Gasteiger partial charge is 0.393 e. The van der Waals surface area contributed by atoms with Gasteiger partial charge in [0, 0.05) is 53.9 Å². The summed E-state index contributed by atoms with van der Waals surface area (Å²) in [7, 11) is 0. The maximum absolute atomic E-state index is 13.0. The monoisotopic (exact) mass is 614 g/mol. The Labute approximate surface area is 262 Å². The SMILES string of the molecule is Cc1c(CN2CCC3(CC2)CN(c2ncnc4ccc(CC(F)(F)F)cc24)C3)ccc2c1cc(C#CN)n2CC1CCCCC1. The third-order valence-electron chi connectivity index (χ3n) is 10.6. The molecule has 3 aliphatic rings. The molecule has 0 amide bonds. The van der Waals surface area contributed by atoms with Crippen LogP contribution >= 0.6 is 0 Å². The minimum atomic E-state index is -4.25. The van der Waals surface area contributed by atoms with E-state index in [1.807, 2.05) is 0 Å². The van der Waals surface area contributed by atoms with Crippen molar-refractivity contribution in [2.24, 2.45) is 17.1 Å². The highest BCUT2D eigenvalue weighted by atomic mass is 19.4. The number of rotatable bonds is 6. The van der Waals surface area contributed by atoms with Crippen molar-refractivity contribution in [1.82, 2.24) is 19.4 Å². The first kappa shape index (κ1) is 29.9. The molecule has 9 heteroatoms. The second-order valence-corrected chi connectivity index (χ2v) is 13.7. The van der Waals surface area contributed by atoms with Crippen molar-refractivity contribution >= 4 is 27.6 Å². The van der Waals surface area contributed by atoms with E-state index in [9.17, 15) is 13.2 Å². The van der Waals surface area contributed by atoms with Crippen LogP contribution in [0.1, 0.15) is 67.3 Å². The number of benzene rings is 2. The fraction of sp³-hybridized carbons (Fsp3) is 0.500. The molecule has 2 aromatic heterocycles. The summed E-state index contributed by atoms with van der Waals surface area (Å²) >= 11 is 0. The molecule has 1 spiro atoms. The molecule has 1 saturated carbocycles. The number of aromatic nitrogens is 3. The predicted molar refractivity (Wildman–Crippen MR) is 173 cm³/mol. The lowest BCUT2D eigenvalue weighted by Gasteiger charge is -2.54. The summed E-state index contributed by atoms with van der Waals surface area (Å²) < 4.78 is 41.5. The third kappa shape index (κ3) is 6.09. The number of likely N-dealkylation sites (tertiary alicyclic amines) is 1. The molecule has 3 fully saturated rings. The van der Waals surface area contributed by atoms with Gasteiger partial charge in [0.1, 0.15) is 12.1 Å². The number of hydrogen-bond acceptors (Lipinski definition) is 5. The van der Waals surface area contributed by atoms with Crippen LogP contribution in [-0.2, 0) is 19.5 Å². The minimum Gasteiger partial charge on any atom is -0.359 e. The van der Waals surface area contributed by atoms with Crippen LogP contribution in [0.5, 0.6) is 0 Å². The Bertz CT molecular complexity index is 1760. The van der Waals surface area contributed by atoms with Gasteiger partial charge in [-0.1, -0.05) is 31.4 Å². The van der Waals surface area contributed by atoms with Crippen LogP contribution in [0.25, 0.3) is 21.8 Å². The molecule has 1 aliphatic carbocycles. The Morgan fingerprint density at radius 2 is 1.76 bits per heavy atom. The van der Waals surface area contributed by atoms with Gasteiger partial charge in [-0.2, -0.15) is 13.2 Å². The van der Waals surface area contributed by atoms with E-state index in [1.165, 1.54) is 66.5 Å². The average Bonchev–Trinajstić information content (AvgIpc) is 3.35. The second-order valence-electron chi connectivity index (χ2n) is 13.7. The number of anilines is 1. The van der Waals surface area contributed by atoms with Gasteiger partial charge in [-0.3, -0.25) is 4.90 Å². The zero-order valence-electron chi connectivity index (χ0n) is 26.0. The fourth-order valence-corrected chi connectivity index (χ4v) is 8.03.